The Morgan fingerprint density at radius 2 is 2.00 bits per heavy atom. The highest BCUT2D eigenvalue weighted by molar-refractivity contribution is 5.85. The maximum atomic E-state index is 12.5. The summed E-state index contributed by atoms with van der Waals surface area (Å²) in [5.41, 5.74) is 0.0512. The predicted molar refractivity (Wildman–Crippen MR) is 66.4 cm³/mol. The van der Waals surface area contributed by atoms with E-state index in [2.05, 4.69) is 12.2 Å². The monoisotopic (exact) mass is 223 g/mol. The zero-order valence-electron chi connectivity index (χ0n) is 10.6. The van der Waals surface area contributed by atoms with Crippen molar-refractivity contribution in [2.45, 2.75) is 58.3 Å². The predicted octanol–water partition coefficient (Wildman–Crippen LogP) is 2.92. The molecule has 0 radical (unpaired) electrons. The lowest BCUT2D eigenvalue weighted by Gasteiger charge is -2.38. The summed E-state index contributed by atoms with van der Waals surface area (Å²) in [4.78, 5) is 12.5. The minimum atomic E-state index is 0.0512. The zero-order valence-corrected chi connectivity index (χ0v) is 10.6. The van der Waals surface area contributed by atoms with Crippen LogP contribution in [0.25, 0.3) is 0 Å². The molecule has 2 aliphatic rings. The van der Waals surface area contributed by atoms with Crippen LogP contribution in [0.2, 0.25) is 0 Å². The fraction of sp³-hybridized carbons (Fsp3) is 0.929. The van der Waals surface area contributed by atoms with E-state index < -0.39 is 0 Å². The quantitative estimate of drug-likeness (QED) is 0.776. The minimum absolute atomic E-state index is 0.0512. The van der Waals surface area contributed by atoms with Crippen molar-refractivity contribution in [2.75, 3.05) is 13.1 Å². The molecule has 2 fully saturated rings. The van der Waals surface area contributed by atoms with E-state index in [4.69, 9.17) is 0 Å². The van der Waals surface area contributed by atoms with Crippen LogP contribution in [0, 0.1) is 11.3 Å². The van der Waals surface area contributed by atoms with Gasteiger partial charge in [-0.25, -0.2) is 0 Å². The van der Waals surface area contributed by atoms with Gasteiger partial charge in [-0.1, -0.05) is 32.6 Å². The number of Topliss-reactive ketones (excluding diaryl/α,β-unsaturated/α-hetero) is 1. The Labute approximate surface area is 99.2 Å². The Balaban J connectivity index is 1.95. The Bertz CT molecular complexity index is 234. The third kappa shape index (κ3) is 2.48. The van der Waals surface area contributed by atoms with Crippen molar-refractivity contribution >= 4 is 5.78 Å². The fourth-order valence-electron chi connectivity index (χ4n) is 3.23. The summed E-state index contributed by atoms with van der Waals surface area (Å²) in [6.45, 7) is 4.28. The van der Waals surface area contributed by atoms with Crippen molar-refractivity contribution in [3.63, 3.8) is 0 Å². The molecule has 1 N–H and O–H groups in total. The lowest BCUT2D eigenvalue weighted by atomic mass is 9.68. The summed E-state index contributed by atoms with van der Waals surface area (Å²) >= 11 is 0. The highest BCUT2D eigenvalue weighted by Gasteiger charge is 2.39. The summed E-state index contributed by atoms with van der Waals surface area (Å²) in [5, 5.41) is 3.38. The van der Waals surface area contributed by atoms with Crippen molar-refractivity contribution in [2.24, 2.45) is 11.3 Å². The van der Waals surface area contributed by atoms with Crippen molar-refractivity contribution in [3.8, 4) is 0 Å². The number of nitrogens with one attached hydrogen (secondary N) is 1. The van der Waals surface area contributed by atoms with E-state index in [-0.39, 0.29) is 5.41 Å². The minimum Gasteiger partial charge on any atom is -0.317 e. The second kappa shape index (κ2) is 5.31. The first-order valence-electron chi connectivity index (χ1n) is 7.01. The molecule has 1 aliphatic heterocycles. The molecule has 16 heavy (non-hydrogen) atoms. The Morgan fingerprint density at radius 3 is 2.50 bits per heavy atom. The van der Waals surface area contributed by atoms with Gasteiger partial charge in [-0.15, -0.1) is 0 Å². The fourth-order valence-corrected chi connectivity index (χ4v) is 3.23. The molecule has 0 aromatic heterocycles. The maximum Gasteiger partial charge on any atom is 0.139 e. The van der Waals surface area contributed by atoms with E-state index in [0.29, 0.717) is 5.78 Å². The first-order valence-corrected chi connectivity index (χ1v) is 7.01. The van der Waals surface area contributed by atoms with Gasteiger partial charge in [0, 0.05) is 11.8 Å². The SMILES string of the molecule is CCCC1(C(=O)CC2CCC2)CCNCC1. The van der Waals surface area contributed by atoms with Crippen LogP contribution in [0.4, 0.5) is 0 Å². The van der Waals surface area contributed by atoms with Gasteiger partial charge in [0.05, 0.1) is 0 Å². The highest BCUT2D eigenvalue weighted by Crippen LogP contribution is 2.39. The molecule has 1 heterocycles. The van der Waals surface area contributed by atoms with Crippen LogP contribution in [0.1, 0.15) is 58.3 Å². The Morgan fingerprint density at radius 1 is 1.31 bits per heavy atom. The van der Waals surface area contributed by atoms with Gasteiger partial charge >= 0.3 is 0 Å². The molecule has 2 nitrogen and oxygen atoms in total. The van der Waals surface area contributed by atoms with Crippen LogP contribution >= 0.6 is 0 Å². The molecule has 0 aromatic rings. The Kier molecular flexibility index (Phi) is 4.01. The van der Waals surface area contributed by atoms with Crippen LogP contribution in [-0.2, 0) is 4.79 Å². The maximum absolute atomic E-state index is 12.5. The Hall–Kier alpha value is -0.370. The van der Waals surface area contributed by atoms with Gasteiger partial charge in [-0.3, -0.25) is 4.79 Å². The van der Waals surface area contributed by atoms with Gasteiger partial charge in [0.15, 0.2) is 0 Å². The number of carbonyl (C=O) groups excluding carboxylic acids is 1. The third-order valence-corrected chi connectivity index (χ3v) is 4.58. The molecule has 2 heteroatoms. The largest absolute Gasteiger partial charge is 0.317 e. The molecule has 92 valence electrons. The van der Waals surface area contributed by atoms with Crippen molar-refractivity contribution in [1.29, 1.82) is 0 Å². The average Bonchev–Trinajstić information content (AvgIpc) is 2.25. The standard InChI is InChI=1S/C14H25NO/c1-2-6-14(7-9-15-10-8-14)13(16)11-12-4-3-5-12/h12,15H,2-11H2,1H3. The molecule has 2 rings (SSSR count). The number of hydrogen-bond donors (Lipinski definition) is 1. The topological polar surface area (TPSA) is 29.1 Å². The van der Waals surface area contributed by atoms with Crippen molar-refractivity contribution < 1.29 is 4.79 Å². The summed E-state index contributed by atoms with van der Waals surface area (Å²) < 4.78 is 0. The lowest BCUT2D eigenvalue weighted by Crippen LogP contribution is -2.43. The van der Waals surface area contributed by atoms with Gasteiger partial charge in [0.25, 0.3) is 0 Å². The molecular formula is C14H25NO. The van der Waals surface area contributed by atoms with Crippen LogP contribution in [0.3, 0.4) is 0 Å². The molecule has 1 saturated carbocycles. The number of rotatable bonds is 5. The van der Waals surface area contributed by atoms with Crippen LogP contribution in [0.15, 0.2) is 0 Å². The number of hydrogen-bond acceptors (Lipinski definition) is 2. The molecule has 0 amide bonds. The second-order valence-electron chi connectivity index (χ2n) is 5.70. The van der Waals surface area contributed by atoms with E-state index in [1.807, 2.05) is 0 Å². The van der Waals surface area contributed by atoms with E-state index >= 15 is 0 Å². The summed E-state index contributed by atoms with van der Waals surface area (Å²) in [6, 6.07) is 0. The zero-order chi connectivity index (χ0) is 11.4. The molecule has 1 aliphatic carbocycles. The van der Waals surface area contributed by atoms with E-state index in [1.54, 1.807) is 0 Å². The number of piperidine rings is 1. The normalized spacial score (nSPS) is 25.1. The highest BCUT2D eigenvalue weighted by atomic mass is 16.1. The molecule has 0 spiro atoms. The molecular weight excluding hydrogens is 198 g/mol. The summed E-state index contributed by atoms with van der Waals surface area (Å²) in [5.74, 6) is 1.32. The average molecular weight is 223 g/mol. The lowest BCUT2D eigenvalue weighted by molar-refractivity contribution is -0.132. The summed E-state index contributed by atoms with van der Waals surface area (Å²) in [7, 11) is 0. The first kappa shape index (κ1) is 12.1. The number of ketones is 1. The third-order valence-electron chi connectivity index (χ3n) is 4.58. The molecule has 0 unspecified atom stereocenters. The summed E-state index contributed by atoms with van der Waals surface area (Å²) in [6.07, 6.45) is 9.23. The number of carbonyl (C=O) groups is 1. The van der Waals surface area contributed by atoms with Gasteiger partial charge in [0.1, 0.15) is 5.78 Å². The van der Waals surface area contributed by atoms with Gasteiger partial charge in [0.2, 0.25) is 0 Å². The van der Waals surface area contributed by atoms with Crippen LogP contribution < -0.4 is 5.32 Å². The molecule has 0 atom stereocenters. The second-order valence-corrected chi connectivity index (χ2v) is 5.70. The molecule has 0 aromatic carbocycles. The smallest absolute Gasteiger partial charge is 0.139 e. The first-order chi connectivity index (χ1) is 7.77. The van der Waals surface area contributed by atoms with E-state index in [9.17, 15) is 4.79 Å². The van der Waals surface area contributed by atoms with E-state index in [0.717, 1.165) is 51.1 Å². The van der Waals surface area contributed by atoms with Crippen molar-refractivity contribution in [3.05, 3.63) is 0 Å². The molecule has 1 saturated heterocycles. The van der Waals surface area contributed by atoms with Crippen LogP contribution in [0.5, 0.6) is 0 Å². The van der Waals surface area contributed by atoms with Gasteiger partial charge in [-0.05, 0) is 38.3 Å². The van der Waals surface area contributed by atoms with Gasteiger partial charge in [-0.2, -0.15) is 0 Å². The van der Waals surface area contributed by atoms with E-state index in [1.165, 1.54) is 19.3 Å². The van der Waals surface area contributed by atoms with Crippen molar-refractivity contribution in [1.82, 2.24) is 5.32 Å². The van der Waals surface area contributed by atoms with Crippen LogP contribution in [-0.4, -0.2) is 18.9 Å². The van der Waals surface area contributed by atoms with Gasteiger partial charge < -0.3 is 5.32 Å². The molecule has 0 bridgehead atoms.